The molecule has 2 N–H and O–H groups in total. The van der Waals surface area contributed by atoms with Crippen molar-refractivity contribution in [1.82, 2.24) is 15.3 Å². The Bertz CT molecular complexity index is 759. The van der Waals surface area contributed by atoms with Crippen molar-refractivity contribution in [2.45, 2.75) is 19.9 Å². The third-order valence-electron chi connectivity index (χ3n) is 3.17. The molecule has 0 saturated carbocycles. The van der Waals surface area contributed by atoms with Gasteiger partial charge in [0.25, 0.3) is 5.91 Å². The van der Waals surface area contributed by atoms with E-state index in [1.807, 2.05) is 50.5 Å². The summed E-state index contributed by atoms with van der Waals surface area (Å²) in [6.07, 6.45) is 3.70. The molecule has 0 aliphatic rings. The average Bonchev–Trinajstić information content (AvgIpc) is 3.05. The number of rotatable bonds is 3. The summed E-state index contributed by atoms with van der Waals surface area (Å²) in [5.41, 5.74) is 1.70. The van der Waals surface area contributed by atoms with Gasteiger partial charge in [-0.25, -0.2) is 4.98 Å². The molecule has 1 amide bonds. The molecule has 4 nitrogen and oxygen atoms in total. The number of carbonyl (C=O) groups is 1. The smallest absolute Gasteiger partial charge is 0.251 e. The number of hydrogen-bond donors (Lipinski definition) is 2. The number of aryl methyl sites for hydroxylation is 1. The van der Waals surface area contributed by atoms with Crippen molar-refractivity contribution in [2.24, 2.45) is 0 Å². The van der Waals surface area contributed by atoms with Crippen LogP contribution in [0.3, 0.4) is 0 Å². The number of H-pyrrole nitrogens is 1. The monoisotopic (exact) mass is 285 g/mol. The molecule has 0 fully saturated rings. The van der Waals surface area contributed by atoms with Gasteiger partial charge in [0.2, 0.25) is 0 Å². The van der Waals surface area contributed by atoms with E-state index in [0.29, 0.717) is 5.56 Å². The third kappa shape index (κ3) is 2.44. The van der Waals surface area contributed by atoms with E-state index in [0.717, 1.165) is 20.8 Å². The Hall–Kier alpha value is -2.14. The minimum atomic E-state index is -0.0804. The molecule has 1 unspecified atom stereocenters. The van der Waals surface area contributed by atoms with Crippen LogP contribution in [0.25, 0.3) is 10.9 Å². The van der Waals surface area contributed by atoms with Crippen molar-refractivity contribution in [3.8, 4) is 0 Å². The maximum atomic E-state index is 12.3. The lowest BCUT2D eigenvalue weighted by atomic mass is 10.1. The predicted molar refractivity (Wildman–Crippen MR) is 81.0 cm³/mol. The zero-order valence-electron chi connectivity index (χ0n) is 11.3. The van der Waals surface area contributed by atoms with Gasteiger partial charge in [-0.2, -0.15) is 0 Å². The molecule has 3 aromatic rings. The van der Waals surface area contributed by atoms with Crippen molar-refractivity contribution in [3.05, 3.63) is 52.1 Å². The van der Waals surface area contributed by atoms with Crippen molar-refractivity contribution in [1.29, 1.82) is 0 Å². The van der Waals surface area contributed by atoms with Gasteiger partial charge < -0.3 is 10.3 Å². The highest BCUT2D eigenvalue weighted by molar-refractivity contribution is 7.11. The number of thiazole rings is 1. The molecule has 1 atom stereocenters. The van der Waals surface area contributed by atoms with Crippen LogP contribution < -0.4 is 5.32 Å². The van der Waals surface area contributed by atoms with Gasteiger partial charge >= 0.3 is 0 Å². The number of aromatic amines is 1. The van der Waals surface area contributed by atoms with Crippen LogP contribution in [0.4, 0.5) is 0 Å². The number of aromatic nitrogens is 2. The minimum absolute atomic E-state index is 0.0755. The number of amides is 1. The van der Waals surface area contributed by atoms with Gasteiger partial charge in [-0.3, -0.25) is 4.79 Å². The van der Waals surface area contributed by atoms with Crippen LogP contribution in [0.15, 0.2) is 36.7 Å². The molecule has 0 aliphatic carbocycles. The Kier molecular flexibility index (Phi) is 3.28. The van der Waals surface area contributed by atoms with Crippen LogP contribution in [0.1, 0.15) is 33.2 Å². The van der Waals surface area contributed by atoms with E-state index in [1.54, 1.807) is 11.3 Å². The van der Waals surface area contributed by atoms with E-state index in [2.05, 4.69) is 15.3 Å². The Morgan fingerprint density at radius 2 is 2.25 bits per heavy atom. The zero-order valence-corrected chi connectivity index (χ0v) is 12.1. The number of nitrogens with zero attached hydrogens (tertiary/aromatic N) is 1. The van der Waals surface area contributed by atoms with Crippen molar-refractivity contribution < 1.29 is 4.79 Å². The van der Waals surface area contributed by atoms with Crippen molar-refractivity contribution in [2.75, 3.05) is 0 Å². The number of fused-ring (bicyclic) bond motifs is 1. The molecule has 102 valence electrons. The number of carbonyl (C=O) groups excluding carboxylic acids is 1. The van der Waals surface area contributed by atoms with Crippen molar-refractivity contribution in [3.63, 3.8) is 0 Å². The second-order valence-electron chi connectivity index (χ2n) is 4.78. The summed E-state index contributed by atoms with van der Waals surface area (Å²) in [6, 6.07) is 7.51. The lowest BCUT2D eigenvalue weighted by Crippen LogP contribution is -2.26. The summed E-state index contributed by atoms with van der Waals surface area (Å²) in [6.45, 7) is 3.96. The third-order valence-corrected chi connectivity index (χ3v) is 4.27. The average molecular weight is 285 g/mol. The van der Waals surface area contributed by atoms with E-state index < -0.39 is 0 Å². The van der Waals surface area contributed by atoms with Gasteiger partial charge in [-0.05, 0) is 38.1 Å². The Balaban J connectivity index is 1.78. The SMILES string of the molecule is Cc1cnc(C(C)NC(=O)c2ccc3[nH]ccc3c2)s1. The molecular weight excluding hydrogens is 270 g/mol. The van der Waals surface area contributed by atoms with Gasteiger partial charge in [0.1, 0.15) is 5.01 Å². The zero-order chi connectivity index (χ0) is 14.1. The molecule has 3 rings (SSSR count). The van der Waals surface area contributed by atoms with E-state index in [4.69, 9.17) is 0 Å². The lowest BCUT2D eigenvalue weighted by molar-refractivity contribution is 0.0940. The topological polar surface area (TPSA) is 57.8 Å². The van der Waals surface area contributed by atoms with Crippen LogP contribution >= 0.6 is 11.3 Å². The predicted octanol–water partition coefficient (Wildman–Crippen LogP) is 3.42. The molecule has 0 bridgehead atoms. The molecule has 20 heavy (non-hydrogen) atoms. The summed E-state index contributed by atoms with van der Waals surface area (Å²) in [5.74, 6) is -0.0755. The standard InChI is InChI=1S/C15H15N3OS/c1-9-8-17-15(20-9)10(2)18-14(19)12-3-4-13-11(7-12)5-6-16-13/h3-8,10,16H,1-2H3,(H,18,19). The molecule has 0 spiro atoms. The molecule has 5 heteroatoms. The first-order valence-electron chi connectivity index (χ1n) is 6.44. The lowest BCUT2D eigenvalue weighted by Gasteiger charge is -2.11. The fraction of sp³-hybridized carbons (Fsp3) is 0.200. The largest absolute Gasteiger partial charge is 0.361 e. The molecule has 0 aliphatic heterocycles. The maximum Gasteiger partial charge on any atom is 0.251 e. The first kappa shape index (κ1) is 12.9. The maximum absolute atomic E-state index is 12.3. The van der Waals surface area contributed by atoms with Gasteiger partial charge in [0.15, 0.2) is 0 Å². The van der Waals surface area contributed by atoms with Gasteiger partial charge in [0.05, 0.1) is 6.04 Å². The molecule has 1 aromatic carbocycles. The van der Waals surface area contributed by atoms with Crippen LogP contribution in [0.5, 0.6) is 0 Å². The van der Waals surface area contributed by atoms with Crippen LogP contribution in [-0.2, 0) is 0 Å². The number of benzene rings is 1. The molecule has 0 radical (unpaired) electrons. The van der Waals surface area contributed by atoms with Crippen LogP contribution in [0.2, 0.25) is 0 Å². The van der Waals surface area contributed by atoms with Crippen LogP contribution in [-0.4, -0.2) is 15.9 Å². The highest BCUT2D eigenvalue weighted by Gasteiger charge is 2.14. The summed E-state index contributed by atoms with van der Waals surface area (Å²) >= 11 is 1.61. The molecule has 2 aromatic heterocycles. The Labute approximate surface area is 120 Å². The molecule has 2 heterocycles. The quantitative estimate of drug-likeness (QED) is 0.774. The highest BCUT2D eigenvalue weighted by atomic mass is 32.1. The number of hydrogen-bond acceptors (Lipinski definition) is 3. The van der Waals surface area contributed by atoms with Crippen molar-refractivity contribution >= 4 is 28.1 Å². The Morgan fingerprint density at radius 3 is 3.00 bits per heavy atom. The summed E-state index contributed by atoms with van der Waals surface area (Å²) < 4.78 is 0. The van der Waals surface area contributed by atoms with E-state index >= 15 is 0 Å². The fourth-order valence-electron chi connectivity index (χ4n) is 2.11. The molecule has 0 saturated heterocycles. The summed E-state index contributed by atoms with van der Waals surface area (Å²) in [5, 5.41) is 4.95. The Morgan fingerprint density at radius 1 is 1.40 bits per heavy atom. The first-order valence-corrected chi connectivity index (χ1v) is 7.25. The fourth-order valence-corrected chi connectivity index (χ4v) is 2.89. The minimum Gasteiger partial charge on any atom is -0.361 e. The van der Waals surface area contributed by atoms with Gasteiger partial charge in [0, 0.05) is 33.7 Å². The summed E-state index contributed by atoms with van der Waals surface area (Å²) in [7, 11) is 0. The van der Waals surface area contributed by atoms with Gasteiger partial charge in [-0.1, -0.05) is 0 Å². The van der Waals surface area contributed by atoms with E-state index in [9.17, 15) is 4.79 Å². The second kappa shape index (κ2) is 5.09. The van der Waals surface area contributed by atoms with E-state index in [-0.39, 0.29) is 11.9 Å². The normalized spacial score (nSPS) is 12.5. The van der Waals surface area contributed by atoms with E-state index in [1.165, 1.54) is 0 Å². The molecular formula is C15H15N3OS. The van der Waals surface area contributed by atoms with Crippen LogP contribution in [0, 0.1) is 6.92 Å². The van der Waals surface area contributed by atoms with Gasteiger partial charge in [-0.15, -0.1) is 11.3 Å². The number of nitrogens with one attached hydrogen (secondary N) is 2. The summed E-state index contributed by atoms with van der Waals surface area (Å²) in [4.78, 5) is 20.8. The second-order valence-corrected chi connectivity index (χ2v) is 6.05. The first-order chi connectivity index (χ1) is 9.63. The highest BCUT2D eigenvalue weighted by Crippen LogP contribution is 2.20.